The van der Waals surface area contributed by atoms with Crippen molar-refractivity contribution in [2.45, 2.75) is 9.65 Å². The molecule has 2 aliphatic carbocycles. The van der Waals surface area contributed by atoms with Gasteiger partial charge in [-0.25, -0.2) is 0 Å². The Bertz CT molecular complexity index is 208. The minimum absolute atomic E-state index is 0.393. The van der Waals surface area contributed by atoms with Crippen molar-refractivity contribution in [1.29, 1.82) is 0 Å². The van der Waals surface area contributed by atoms with Crippen LogP contribution in [0.1, 0.15) is 0 Å². The van der Waals surface area contributed by atoms with E-state index in [1.54, 1.807) is 0 Å². The summed E-state index contributed by atoms with van der Waals surface area (Å²) in [6.45, 7) is 0. The van der Waals surface area contributed by atoms with E-state index in [4.69, 9.17) is 0 Å². The molecule has 2 aliphatic rings. The molecule has 0 aromatic heterocycles. The SMILES string of the molecule is BrC1[C]C2C=CC=CC2C1Br. The van der Waals surface area contributed by atoms with Crippen molar-refractivity contribution in [2.75, 3.05) is 0 Å². The van der Waals surface area contributed by atoms with E-state index in [-0.39, 0.29) is 0 Å². The zero-order valence-electron chi connectivity index (χ0n) is 5.87. The molecular weight excluding hydrogens is 268 g/mol. The second-order valence-corrected chi connectivity index (χ2v) is 4.93. The quantitative estimate of drug-likeness (QED) is 0.597. The molecule has 2 heteroatoms. The van der Waals surface area contributed by atoms with Gasteiger partial charge in [-0.2, -0.15) is 0 Å². The van der Waals surface area contributed by atoms with Gasteiger partial charge in [-0.05, 0) is 11.8 Å². The maximum absolute atomic E-state index is 3.65. The maximum atomic E-state index is 3.65. The Hall–Kier alpha value is 0.440. The van der Waals surface area contributed by atoms with Crippen molar-refractivity contribution >= 4 is 31.9 Å². The molecule has 0 saturated heterocycles. The molecule has 1 fully saturated rings. The third-order valence-electron chi connectivity index (χ3n) is 2.18. The van der Waals surface area contributed by atoms with E-state index in [0.29, 0.717) is 21.5 Å². The Kier molecular flexibility index (Phi) is 2.24. The minimum Gasteiger partial charge on any atom is -0.0872 e. The highest BCUT2D eigenvalue weighted by Gasteiger charge is 2.38. The van der Waals surface area contributed by atoms with Crippen LogP contribution >= 0.6 is 31.9 Å². The van der Waals surface area contributed by atoms with Crippen molar-refractivity contribution in [3.8, 4) is 0 Å². The van der Waals surface area contributed by atoms with Gasteiger partial charge in [0, 0.05) is 16.1 Å². The van der Waals surface area contributed by atoms with E-state index in [1.807, 2.05) is 0 Å². The normalized spacial score (nSPS) is 47.8. The lowest BCUT2D eigenvalue weighted by Crippen LogP contribution is -2.15. The number of alkyl halides is 2. The molecule has 0 N–H and O–H groups in total. The van der Waals surface area contributed by atoms with Crippen LogP contribution in [0.4, 0.5) is 0 Å². The van der Waals surface area contributed by atoms with E-state index in [0.717, 1.165) is 0 Å². The van der Waals surface area contributed by atoms with Gasteiger partial charge in [0.25, 0.3) is 0 Å². The van der Waals surface area contributed by atoms with Crippen LogP contribution in [-0.4, -0.2) is 9.65 Å². The molecule has 0 aromatic rings. The second-order valence-electron chi connectivity index (χ2n) is 2.89. The number of hydrogen-bond acceptors (Lipinski definition) is 0. The van der Waals surface area contributed by atoms with E-state index in [1.165, 1.54) is 0 Å². The molecule has 1 saturated carbocycles. The highest BCUT2D eigenvalue weighted by molar-refractivity contribution is 9.12. The number of rotatable bonds is 0. The first-order valence-corrected chi connectivity index (χ1v) is 5.51. The molecule has 2 rings (SSSR count). The third-order valence-corrected chi connectivity index (χ3v) is 4.86. The molecule has 0 nitrogen and oxygen atoms in total. The lowest BCUT2D eigenvalue weighted by molar-refractivity contribution is 0.605. The predicted octanol–water partition coefficient (Wildman–Crippen LogP) is 2.97. The maximum Gasteiger partial charge on any atom is 0.0351 e. The smallest absolute Gasteiger partial charge is 0.0351 e. The van der Waals surface area contributed by atoms with E-state index >= 15 is 0 Å². The summed E-state index contributed by atoms with van der Waals surface area (Å²) in [5.41, 5.74) is 0. The van der Waals surface area contributed by atoms with Gasteiger partial charge < -0.3 is 0 Å². The van der Waals surface area contributed by atoms with Crippen LogP contribution in [-0.2, 0) is 0 Å². The zero-order chi connectivity index (χ0) is 7.84. The average molecular weight is 276 g/mol. The van der Waals surface area contributed by atoms with E-state index in [9.17, 15) is 0 Å². The van der Waals surface area contributed by atoms with Crippen molar-refractivity contribution in [1.82, 2.24) is 0 Å². The summed E-state index contributed by atoms with van der Waals surface area (Å²) in [7, 11) is 0. The van der Waals surface area contributed by atoms with Crippen molar-refractivity contribution in [3.05, 3.63) is 30.7 Å². The number of fused-ring (bicyclic) bond motifs is 1. The van der Waals surface area contributed by atoms with Gasteiger partial charge in [0.2, 0.25) is 0 Å². The zero-order valence-corrected chi connectivity index (χ0v) is 9.05. The molecular formula is C9H8Br2. The van der Waals surface area contributed by atoms with Crippen LogP contribution in [0.5, 0.6) is 0 Å². The monoisotopic (exact) mass is 274 g/mol. The largest absolute Gasteiger partial charge is 0.0872 e. The van der Waals surface area contributed by atoms with Crippen LogP contribution in [0.25, 0.3) is 0 Å². The number of hydrogen-bond donors (Lipinski definition) is 0. The summed E-state index contributed by atoms with van der Waals surface area (Å²) >= 11 is 7.22. The summed E-state index contributed by atoms with van der Waals surface area (Å²) < 4.78 is 0. The highest BCUT2D eigenvalue weighted by Crippen LogP contribution is 2.42. The third kappa shape index (κ3) is 1.35. The lowest BCUT2D eigenvalue weighted by atomic mass is 9.92. The Labute approximate surface area is 84.0 Å². The fraction of sp³-hybridized carbons (Fsp3) is 0.444. The van der Waals surface area contributed by atoms with Crippen molar-refractivity contribution in [2.24, 2.45) is 11.8 Å². The van der Waals surface area contributed by atoms with Gasteiger partial charge in [0.15, 0.2) is 0 Å². The molecule has 0 aromatic carbocycles. The van der Waals surface area contributed by atoms with Gasteiger partial charge in [0.05, 0.1) is 0 Å². The molecule has 0 aliphatic heterocycles. The fourth-order valence-corrected chi connectivity index (χ4v) is 2.88. The van der Waals surface area contributed by atoms with Crippen LogP contribution in [0.2, 0.25) is 0 Å². The average Bonchev–Trinajstić information content (AvgIpc) is 2.30. The molecule has 0 heterocycles. The van der Waals surface area contributed by atoms with Crippen molar-refractivity contribution < 1.29 is 0 Å². The molecule has 0 bridgehead atoms. The highest BCUT2D eigenvalue weighted by atomic mass is 79.9. The molecule has 4 unspecified atom stereocenters. The first kappa shape index (κ1) is 8.06. The lowest BCUT2D eigenvalue weighted by Gasteiger charge is -2.17. The Balaban J connectivity index is 2.20. The summed E-state index contributed by atoms with van der Waals surface area (Å²) in [4.78, 5) is 0.901. The predicted molar refractivity (Wildman–Crippen MR) is 53.9 cm³/mol. The number of allylic oxidation sites excluding steroid dienone is 4. The molecule has 58 valence electrons. The second kappa shape index (κ2) is 3.06. The van der Waals surface area contributed by atoms with Gasteiger partial charge in [-0.1, -0.05) is 56.2 Å². The molecule has 0 spiro atoms. The summed E-state index contributed by atoms with van der Waals surface area (Å²) in [5, 5.41) is 0. The molecule has 0 amide bonds. The van der Waals surface area contributed by atoms with Crippen LogP contribution in [0.3, 0.4) is 0 Å². The molecule has 2 radical (unpaired) electrons. The standard InChI is InChI=1S/C9H8Br2/c10-8-5-6-3-1-2-4-7(6)9(8)11/h1-4,6-9H. The van der Waals surface area contributed by atoms with E-state index in [2.05, 4.69) is 62.6 Å². The minimum atomic E-state index is 0.393. The van der Waals surface area contributed by atoms with Crippen LogP contribution in [0.15, 0.2) is 24.3 Å². The Morgan fingerprint density at radius 3 is 2.55 bits per heavy atom. The van der Waals surface area contributed by atoms with Crippen LogP contribution < -0.4 is 0 Å². The van der Waals surface area contributed by atoms with Crippen molar-refractivity contribution in [3.63, 3.8) is 0 Å². The summed E-state index contributed by atoms with van der Waals surface area (Å²) in [6.07, 6.45) is 12.1. The van der Waals surface area contributed by atoms with E-state index < -0.39 is 0 Å². The first-order valence-electron chi connectivity index (χ1n) is 3.68. The summed E-state index contributed by atoms with van der Waals surface area (Å²) in [5.74, 6) is 1.11. The molecule has 4 atom stereocenters. The van der Waals surface area contributed by atoms with Gasteiger partial charge in [-0.15, -0.1) is 0 Å². The van der Waals surface area contributed by atoms with Crippen LogP contribution in [0, 0.1) is 18.3 Å². The van der Waals surface area contributed by atoms with Gasteiger partial charge in [-0.3, -0.25) is 0 Å². The van der Waals surface area contributed by atoms with Gasteiger partial charge >= 0.3 is 0 Å². The fourth-order valence-electron chi connectivity index (χ4n) is 1.57. The van der Waals surface area contributed by atoms with Gasteiger partial charge in [0.1, 0.15) is 0 Å². The summed E-state index contributed by atoms with van der Waals surface area (Å²) in [6, 6.07) is 0. The number of halogens is 2. The Morgan fingerprint density at radius 1 is 1.09 bits per heavy atom. The Morgan fingerprint density at radius 2 is 1.82 bits per heavy atom. The molecule has 11 heavy (non-hydrogen) atoms. The first-order chi connectivity index (χ1) is 5.29. The topological polar surface area (TPSA) is 0 Å².